The first-order valence-electron chi connectivity index (χ1n) is 7.35. The molecular weight excluding hydrogens is 228 g/mol. The van der Waals surface area contributed by atoms with Gasteiger partial charge in [0.15, 0.2) is 0 Å². The maximum absolute atomic E-state index is 11.6. The van der Waals surface area contributed by atoms with Crippen molar-refractivity contribution in [2.45, 2.75) is 57.5 Å². The van der Waals surface area contributed by atoms with Gasteiger partial charge in [-0.2, -0.15) is 0 Å². The van der Waals surface area contributed by atoms with Gasteiger partial charge in [-0.3, -0.25) is 4.79 Å². The molecule has 1 spiro atoms. The SMILES string of the molecule is CC1(C2CCOC3(CCOCC3)C2)CCC(=O)C1. The van der Waals surface area contributed by atoms with E-state index in [0.717, 1.165) is 64.8 Å². The maximum atomic E-state index is 11.6. The molecule has 1 saturated carbocycles. The van der Waals surface area contributed by atoms with Gasteiger partial charge < -0.3 is 9.47 Å². The summed E-state index contributed by atoms with van der Waals surface area (Å²) in [6, 6.07) is 0. The largest absolute Gasteiger partial charge is 0.381 e. The highest BCUT2D eigenvalue weighted by molar-refractivity contribution is 5.81. The van der Waals surface area contributed by atoms with Crippen LogP contribution in [0.5, 0.6) is 0 Å². The third-order valence-electron chi connectivity index (χ3n) is 5.46. The Morgan fingerprint density at radius 2 is 1.94 bits per heavy atom. The van der Waals surface area contributed by atoms with E-state index in [0.29, 0.717) is 11.7 Å². The molecule has 3 aliphatic rings. The zero-order chi connectivity index (χ0) is 12.6. The van der Waals surface area contributed by atoms with Gasteiger partial charge in [-0.25, -0.2) is 0 Å². The van der Waals surface area contributed by atoms with Crippen LogP contribution in [0.25, 0.3) is 0 Å². The molecule has 0 radical (unpaired) electrons. The third-order valence-corrected chi connectivity index (χ3v) is 5.46. The molecule has 0 N–H and O–H groups in total. The number of carbonyl (C=O) groups is 1. The predicted molar refractivity (Wildman–Crippen MR) is 68.4 cm³/mol. The van der Waals surface area contributed by atoms with Gasteiger partial charge in [-0.1, -0.05) is 6.92 Å². The summed E-state index contributed by atoms with van der Waals surface area (Å²) in [5.74, 6) is 1.13. The van der Waals surface area contributed by atoms with Crippen LogP contribution in [0.1, 0.15) is 51.9 Å². The molecule has 2 unspecified atom stereocenters. The first-order chi connectivity index (χ1) is 8.62. The standard InChI is InChI=1S/C15H24O3/c1-14(4-2-13(16)11-14)12-3-7-18-15(10-12)5-8-17-9-6-15/h12H,2-11H2,1H3. The van der Waals surface area contributed by atoms with E-state index in [4.69, 9.17) is 9.47 Å². The molecule has 0 aromatic carbocycles. The van der Waals surface area contributed by atoms with Gasteiger partial charge in [0.25, 0.3) is 0 Å². The van der Waals surface area contributed by atoms with Gasteiger partial charge in [0.2, 0.25) is 0 Å². The van der Waals surface area contributed by atoms with E-state index in [1.54, 1.807) is 0 Å². The van der Waals surface area contributed by atoms with Crippen molar-refractivity contribution in [2.75, 3.05) is 19.8 Å². The topological polar surface area (TPSA) is 35.5 Å². The zero-order valence-corrected chi connectivity index (χ0v) is 11.4. The molecule has 3 rings (SSSR count). The van der Waals surface area contributed by atoms with Crippen molar-refractivity contribution in [1.29, 1.82) is 0 Å². The number of hydrogen-bond acceptors (Lipinski definition) is 3. The van der Waals surface area contributed by atoms with E-state index in [1.165, 1.54) is 0 Å². The van der Waals surface area contributed by atoms with Crippen LogP contribution in [0.15, 0.2) is 0 Å². The Morgan fingerprint density at radius 1 is 1.17 bits per heavy atom. The summed E-state index contributed by atoms with van der Waals surface area (Å²) in [4.78, 5) is 11.6. The van der Waals surface area contributed by atoms with Crippen LogP contribution in [0.4, 0.5) is 0 Å². The minimum atomic E-state index is 0.0653. The summed E-state index contributed by atoms with van der Waals surface area (Å²) in [5, 5.41) is 0. The first kappa shape index (κ1) is 12.6. The van der Waals surface area contributed by atoms with Crippen LogP contribution in [-0.2, 0) is 14.3 Å². The second-order valence-corrected chi connectivity index (χ2v) is 6.70. The number of rotatable bonds is 1. The summed E-state index contributed by atoms with van der Waals surface area (Å²) in [7, 11) is 0. The van der Waals surface area contributed by atoms with Gasteiger partial charge in [-0.15, -0.1) is 0 Å². The fraction of sp³-hybridized carbons (Fsp3) is 0.933. The molecule has 2 saturated heterocycles. The first-order valence-corrected chi connectivity index (χ1v) is 7.35. The number of ether oxygens (including phenoxy) is 2. The highest BCUT2D eigenvalue weighted by Crippen LogP contribution is 2.50. The maximum Gasteiger partial charge on any atom is 0.133 e. The zero-order valence-electron chi connectivity index (χ0n) is 11.4. The van der Waals surface area contributed by atoms with Crippen LogP contribution < -0.4 is 0 Å². The minimum absolute atomic E-state index is 0.0653. The molecule has 0 aromatic rings. The van der Waals surface area contributed by atoms with E-state index < -0.39 is 0 Å². The minimum Gasteiger partial charge on any atom is -0.381 e. The molecule has 0 amide bonds. The molecule has 0 bridgehead atoms. The van der Waals surface area contributed by atoms with Crippen LogP contribution in [0.2, 0.25) is 0 Å². The summed E-state index contributed by atoms with van der Waals surface area (Å²) < 4.78 is 11.6. The Hall–Kier alpha value is -0.410. The highest BCUT2D eigenvalue weighted by Gasteiger charge is 2.47. The second-order valence-electron chi connectivity index (χ2n) is 6.70. The van der Waals surface area contributed by atoms with Crippen LogP contribution >= 0.6 is 0 Å². The third kappa shape index (κ3) is 2.23. The van der Waals surface area contributed by atoms with Crippen molar-refractivity contribution in [3.8, 4) is 0 Å². The van der Waals surface area contributed by atoms with Crippen molar-refractivity contribution in [2.24, 2.45) is 11.3 Å². The van der Waals surface area contributed by atoms with E-state index in [9.17, 15) is 4.79 Å². The molecule has 2 aliphatic heterocycles. The normalized spacial score (nSPS) is 40.3. The van der Waals surface area contributed by atoms with Crippen LogP contribution in [0.3, 0.4) is 0 Å². The van der Waals surface area contributed by atoms with E-state index in [1.807, 2.05) is 0 Å². The molecule has 18 heavy (non-hydrogen) atoms. The number of ketones is 1. The number of Topliss-reactive ketones (excluding diaryl/α,β-unsaturated/α-hetero) is 1. The van der Waals surface area contributed by atoms with Crippen molar-refractivity contribution in [3.63, 3.8) is 0 Å². The number of hydrogen-bond donors (Lipinski definition) is 0. The van der Waals surface area contributed by atoms with E-state index in [2.05, 4.69) is 6.92 Å². The lowest BCUT2D eigenvalue weighted by Gasteiger charge is -2.47. The predicted octanol–water partition coefficient (Wildman–Crippen LogP) is 2.72. The van der Waals surface area contributed by atoms with Crippen molar-refractivity contribution < 1.29 is 14.3 Å². The Balaban J connectivity index is 1.71. The van der Waals surface area contributed by atoms with Crippen LogP contribution in [-0.4, -0.2) is 31.2 Å². The van der Waals surface area contributed by atoms with E-state index in [-0.39, 0.29) is 11.0 Å². The van der Waals surface area contributed by atoms with Crippen molar-refractivity contribution in [1.82, 2.24) is 0 Å². The molecule has 102 valence electrons. The Labute approximate surface area is 109 Å². The van der Waals surface area contributed by atoms with Crippen molar-refractivity contribution >= 4 is 5.78 Å². The summed E-state index contributed by atoms with van der Waals surface area (Å²) in [5.41, 5.74) is 0.308. The highest BCUT2D eigenvalue weighted by atomic mass is 16.5. The fourth-order valence-corrected chi connectivity index (χ4v) is 4.12. The summed E-state index contributed by atoms with van der Waals surface area (Å²) in [6.07, 6.45) is 7.02. The van der Waals surface area contributed by atoms with Gasteiger partial charge in [-0.05, 0) is 43.4 Å². The lowest BCUT2D eigenvalue weighted by molar-refractivity contribution is -0.160. The Kier molecular flexibility index (Phi) is 3.23. The molecule has 3 nitrogen and oxygen atoms in total. The van der Waals surface area contributed by atoms with Gasteiger partial charge in [0.05, 0.1) is 5.60 Å². The quantitative estimate of drug-likeness (QED) is 0.720. The molecule has 2 heterocycles. The monoisotopic (exact) mass is 252 g/mol. The fourth-order valence-electron chi connectivity index (χ4n) is 4.12. The summed E-state index contributed by atoms with van der Waals surface area (Å²) >= 11 is 0. The van der Waals surface area contributed by atoms with Gasteiger partial charge >= 0.3 is 0 Å². The molecule has 2 atom stereocenters. The molecule has 3 fully saturated rings. The molecular formula is C15H24O3. The molecule has 1 aliphatic carbocycles. The Bertz CT molecular complexity index is 327. The Morgan fingerprint density at radius 3 is 2.61 bits per heavy atom. The van der Waals surface area contributed by atoms with Gasteiger partial charge in [0, 0.05) is 32.7 Å². The lowest BCUT2D eigenvalue weighted by Crippen LogP contribution is -2.47. The van der Waals surface area contributed by atoms with Crippen LogP contribution in [0, 0.1) is 11.3 Å². The van der Waals surface area contributed by atoms with Gasteiger partial charge in [0.1, 0.15) is 5.78 Å². The van der Waals surface area contributed by atoms with Crippen molar-refractivity contribution in [3.05, 3.63) is 0 Å². The second kappa shape index (κ2) is 4.61. The molecule has 3 heteroatoms. The average molecular weight is 252 g/mol. The smallest absolute Gasteiger partial charge is 0.133 e. The summed E-state index contributed by atoms with van der Waals surface area (Å²) in [6.45, 7) is 4.86. The van der Waals surface area contributed by atoms with E-state index >= 15 is 0 Å². The molecule has 0 aromatic heterocycles. The number of carbonyl (C=O) groups excluding carboxylic acids is 1. The lowest BCUT2D eigenvalue weighted by atomic mass is 9.67. The average Bonchev–Trinajstić information content (AvgIpc) is 2.72.